The van der Waals surface area contributed by atoms with E-state index in [1.54, 1.807) is 30.3 Å². The number of ether oxygens (including phenoxy) is 2. The van der Waals surface area contributed by atoms with Crippen molar-refractivity contribution in [2.75, 3.05) is 22.6 Å². The Morgan fingerprint density at radius 3 is 2.39 bits per heavy atom. The molecule has 2 heterocycles. The second-order valence-corrected chi connectivity index (χ2v) is 14.2. The maximum absolute atomic E-state index is 16.3. The zero-order chi connectivity index (χ0) is 32.5. The number of aromatic hydroxyl groups is 1. The molecule has 4 aromatic carbocycles. The van der Waals surface area contributed by atoms with Gasteiger partial charge in [0, 0.05) is 17.3 Å². The fourth-order valence-electron chi connectivity index (χ4n) is 6.11. The molecule has 238 valence electrons. The van der Waals surface area contributed by atoms with E-state index in [1.165, 1.54) is 23.1 Å². The van der Waals surface area contributed by atoms with Gasteiger partial charge in [-0.3, -0.25) is 9.69 Å². The first-order valence-electron chi connectivity index (χ1n) is 15.0. The summed E-state index contributed by atoms with van der Waals surface area (Å²) in [6.07, 6.45) is 0.152. The number of benzene rings is 4. The van der Waals surface area contributed by atoms with Gasteiger partial charge in [0.25, 0.3) is 0 Å². The van der Waals surface area contributed by atoms with Crippen LogP contribution in [0.3, 0.4) is 0 Å². The molecule has 1 amide bonds. The molecule has 0 aromatic heterocycles. The molecule has 1 unspecified atom stereocenters. The standard InChI is InChI=1S/C36H35FN2O6S/c1-36(2)21-29-35(46(42,43)23-36)34(27-17-16-26(20-28(27)37)45-22-24-10-5-3-6-11-24)39(30-14-9-15-31(40)33(30)38-29)32(41)18-19-44-25-12-7-4-8-13-25/h3-17,20,34,38,40H,18-19,21-23H2,1-2H3. The lowest BCUT2D eigenvalue weighted by Crippen LogP contribution is -2.41. The van der Waals surface area contributed by atoms with Crippen LogP contribution >= 0.6 is 0 Å². The Hall–Kier alpha value is -4.83. The maximum Gasteiger partial charge on any atom is 0.231 e. The largest absolute Gasteiger partial charge is 0.506 e. The van der Waals surface area contributed by atoms with Gasteiger partial charge in [-0.1, -0.05) is 68.4 Å². The summed E-state index contributed by atoms with van der Waals surface area (Å²) in [5.74, 6) is -0.781. The van der Waals surface area contributed by atoms with Crippen molar-refractivity contribution in [3.63, 3.8) is 0 Å². The van der Waals surface area contributed by atoms with Crippen LogP contribution < -0.4 is 19.7 Å². The van der Waals surface area contributed by atoms with E-state index < -0.39 is 33.0 Å². The van der Waals surface area contributed by atoms with Crippen molar-refractivity contribution in [1.82, 2.24) is 0 Å². The van der Waals surface area contributed by atoms with Gasteiger partial charge < -0.3 is 19.9 Å². The lowest BCUT2D eigenvalue weighted by Gasteiger charge is -2.37. The number of phenols is 1. The van der Waals surface area contributed by atoms with Gasteiger partial charge in [-0.2, -0.15) is 0 Å². The highest BCUT2D eigenvalue weighted by molar-refractivity contribution is 7.95. The van der Waals surface area contributed by atoms with Gasteiger partial charge in [-0.15, -0.1) is 0 Å². The smallest absolute Gasteiger partial charge is 0.231 e. The molecule has 0 spiro atoms. The quantitative estimate of drug-likeness (QED) is 0.197. The van der Waals surface area contributed by atoms with Crippen molar-refractivity contribution in [3.8, 4) is 17.2 Å². The molecule has 0 bridgehead atoms. The predicted octanol–water partition coefficient (Wildman–Crippen LogP) is 7.14. The molecule has 0 radical (unpaired) electrons. The second kappa shape index (κ2) is 12.5. The first-order chi connectivity index (χ1) is 22.0. The number of halogens is 1. The first-order valence-corrected chi connectivity index (χ1v) is 16.7. The summed E-state index contributed by atoms with van der Waals surface area (Å²) in [7, 11) is -4.03. The Morgan fingerprint density at radius 1 is 0.957 bits per heavy atom. The number of sulfone groups is 1. The SMILES string of the molecule is CC1(C)CC2=C(C(c3ccc(OCc4ccccc4)cc3F)N(C(=O)CCOc3ccccc3)c3cccc(O)c3N2)S(=O)(=O)C1. The summed E-state index contributed by atoms with van der Waals surface area (Å²) in [4.78, 5) is 15.4. The third-order valence-electron chi connectivity index (χ3n) is 8.04. The van der Waals surface area contributed by atoms with Crippen molar-refractivity contribution in [2.24, 2.45) is 5.41 Å². The van der Waals surface area contributed by atoms with Crippen molar-refractivity contribution < 1.29 is 32.2 Å². The minimum absolute atomic E-state index is 0.00588. The van der Waals surface area contributed by atoms with Crippen molar-refractivity contribution in [1.29, 1.82) is 0 Å². The molecule has 1 atom stereocenters. The van der Waals surface area contributed by atoms with Crippen LogP contribution in [0.15, 0.2) is 108 Å². The van der Waals surface area contributed by atoms with Crippen LogP contribution in [0.25, 0.3) is 0 Å². The van der Waals surface area contributed by atoms with Crippen molar-refractivity contribution in [2.45, 2.75) is 39.3 Å². The fourth-order valence-corrected chi connectivity index (χ4v) is 8.47. The maximum atomic E-state index is 16.3. The molecule has 0 saturated heterocycles. The minimum atomic E-state index is -4.03. The number of phenolic OH excluding ortho intramolecular Hbond substituents is 1. The number of nitrogens with one attached hydrogen (secondary N) is 1. The van der Waals surface area contributed by atoms with E-state index in [1.807, 2.05) is 62.4 Å². The molecule has 4 aromatic rings. The third kappa shape index (κ3) is 6.44. The molecule has 46 heavy (non-hydrogen) atoms. The number of rotatable bonds is 8. The molecule has 2 aliphatic rings. The molecule has 6 rings (SSSR count). The first kappa shape index (κ1) is 31.2. The number of amides is 1. The Kier molecular flexibility index (Phi) is 8.48. The number of carbonyl (C=O) groups excluding carboxylic acids is 1. The molecule has 0 saturated carbocycles. The zero-order valence-corrected chi connectivity index (χ0v) is 26.4. The molecule has 2 aliphatic heterocycles. The van der Waals surface area contributed by atoms with Crippen LogP contribution in [0.1, 0.15) is 43.9 Å². The van der Waals surface area contributed by atoms with E-state index in [0.29, 0.717) is 17.9 Å². The molecular formula is C36H35FN2O6S. The number of para-hydroxylation sites is 2. The Balaban J connectivity index is 1.45. The van der Waals surface area contributed by atoms with E-state index in [9.17, 15) is 18.3 Å². The number of anilines is 2. The number of fused-ring (bicyclic) bond motifs is 1. The Morgan fingerprint density at radius 2 is 1.67 bits per heavy atom. The monoisotopic (exact) mass is 642 g/mol. The fraction of sp³-hybridized carbons (Fsp3) is 0.250. The average molecular weight is 643 g/mol. The van der Waals surface area contributed by atoms with Crippen LogP contribution in [-0.2, 0) is 21.2 Å². The number of allylic oxidation sites excluding steroid dienone is 1. The number of hydrogen-bond donors (Lipinski definition) is 2. The summed E-state index contributed by atoms with van der Waals surface area (Å²) >= 11 is 0. The van der Waals surface area contributed by atoms with Crippen LogP contribution in [-0.4, -0.2) is 31.8 Å². The van der Waals surface area contributed by atoms with Crippen molar-refractivity contribution in [3.05, 3.63) is 125 Å². The van der Waals surface area contributed by atoms with E-state index >= 15 is 4.39 Å². The minimum Gasteiger partial charge on any atom is -0.506 e. The highest BCUT2D eigenvalue weighted by Gasteiger charge is 2.47. The van der Waals surface area contributed by atoms with Crippen molar-refractivity contribution >= 4 is 27.1 Å². The lowest BCUT2D eigenvalue weighted by molar-refractivity contribution is -0.119. The van der Waals surface area contributed by atoms with Gasteiger partial charge in [0.1, 0.15) is 41.4 Å². The highest BCUT2D eigenvalue weighted by Crippen LogP contribution is 2.51. The number of nitrogens with zero attached hydrogens (tertiary/aromatic N) is 1. The summed E-state index contributed by atoms with van der Waals surface area (Å²) in [5, 5.41) is 14.1. The number of hydrogen-bond acceptors (Lipinski definition) is 7. The van der Waals surface area contributed by atoms with E-state index in [-0.39, 0.29) is 58.7 Å². The van der Waals surface area contributed by atoms with Gasteiger partial charge >= 0.3 is 0 Å². The Bertz CT molecular complexity index is 1890. The molecule has 0 fully saturated rings. The molecule has 0 aliphatic carbocycles. The van der Waals surface area contributed by atoms with Crippen LogP contribution in [0, 0.1) is 11.2 Å². The molecular weight excluding hydrogens is 607 g/mol. The van der Waals surface area contributed by atoms with E-state index in [4.69, 9.17) is 9.47 Å². The van der Waals surface area contributed by atoms with E-state index in [2.05, 4.69) is 5.32 Å². The summed E-state index contributed by atoms with van der Waals surface area (Å²) in [5.41, 5.74) is 0.933. The van der Waals surface area contributed by atoms with Gasteiger partial charge in [0.2, 0.25) is 5.91 Å². The summed E-state index contributed by atoms with van der Waals surface area (Å²) in [6.45, 7) is 3.88. The summed E-state index contributed by atoms with van der Waals surface area (Å²) in [6, 6.07) is 26.0. The van der Waals surface area contributed by atoms with Gasteiger partial charge in [0.15, 0.2) is 9.84 Å². The van der Waals surface area contributed by atoms with Crippen LogP contribution in [0.2, 0.25) is 0 Å². The van der Waals surface area contributed by atoms with E-state index in [0.717, 1.165) is 5.56 Å². The van der Waals surface area contributed by atoms with Crippen LogP contribution in [0.4, 0.5) is 15.8 Å². The number of carbonyl (C=O) groups is 1. The highest BCUT2D eigenvalue weighted by atomic mass is 32.2. The topological polar surface area (TPSA) is 105 Å². The molecule has 2 N–H and O–H groups in total. The zero-order valence-electron chi connectivity index (χ0n) is 25.6. The average Bonchev–Trinajstić information content (AvgIpc) is 3.16. The van der Waals surface area contributed by atoms with Gasteiger partial charge in [-0.05, 0) is 53.8 Å². The normalized spacial score (nSPS) is 18.1. The van der Waals surface area contributed by atoms with Gasteiger partial charge in [0.05, 0.1) is 29.4 Å². The second-order valence-electron chi connectivity index (χ2n) is 12.3. The molecule has 8 nitrogen and oxygen atoms in total. The third-order valence-corrected chi connectivity index (χ3v) is 10.3. The molecule has 10 heteroatoms. The Labute approximate surface area is 268 Å². The van der Waals surface area contributed by atoms with Gasteiger partial charge in [-0.25, -0.2) is 12.8 Å². The van der Waals surface area contributed by atoms with Crippen LogP contribution in [0.5, 0.6) is 17.2 Å². The summed E-state index contributed by atoms with van der Waals surface area (Å²) < 4.78 is 56.2. The predicted molar refractivity (Wildman–Crippen MR) is 175 cm³/mol. The lowest BCUT2D eigenvalue weighted by atomic mass is 9.88.